The number of nitrogens with one attached hydrogen (secondary N) is 1. The fourth-order valence-electron chi connectivity index (χ4n) is 2.29. The van der Waals surface area contributed by atoms with Gasteiger partial charge in [-0.25, -0.2) is 0 Å². The number of hydrogen-bond donors (Lipinski definition) is 2. The van der Waals surface area contributed by atoms with Gasteiger partial charge in [0.1, 0.15) is 0 Å². The van der Waals surface area contributed by atoms with Crippen LogP contribution in [0.5, 0.6) is 0 Å². The Balaban J connectivity index is 1.98. The van der Waals surface area contributed by atoms with Gasteiger partial charge in [-0.2, -0.15) is 5.10 Å². The summed E-state index contributed by atoms with van der Waals surface area (Å²) in [5.74, 6) is 0. The molecule has 0 saturated heterocycles. The molecule has 0 aromatic carbocycles. The van der Waals surface area contributed by atoms with Crippen LogP contribution in [0.2, 0.25) is 0 Å². The molecule has 1 aromatic rings. The lowest BCUT2D eigenvalue weighted by Crippen LogP contribution is -2.53. The molecule has 90 valence electrons. The van der Waals surface area contributed by atoms with E-state index in [4.69, 9.17) is 0 Å². The molecule has 1 aliphatic carbocycles. The number of aromatic nitrogens is 2. The summed E-state index contributed by atoms with van der Waals surface area (Å²) in [5.41, 5.74) is 2.25. The summed E-state index contributed by atoms with van der Waals surface area (Å²) in [7, 11) is 0. The smallest absolute Gasteiger partial charge is 0.0613 e. The van der Waals surface area contributed by atoms with Gasteiger partial charge in [-0.15, -0.1) is 0 Å². The molecule has 1 aliphatic rings. The van der Waals surface area contributed by atoms with Crippen LogP contribution in [0.1, 0.15) is 37.6 Å². The maximum absolute atomic E-state index is 9.36. The van der Waals surface area contributed by atoms with Crippen LogP contribution in [-0.2, 0) is 13.1 Å². The highest BCUT2D eigenvalue weighted by atomic mass is 16.3. The second-order valence-corrected chi connectivity index (χ2v) is 4.74. The van der Waals surface area contributed by atoms with Crippen molar-refractivity contribution in [2.24, 2.45) is 0 Å². The van der Waals surface area contributed by atoms with Gasteiger partial charge in [0.05, 0.1) is 18.0 Å². The first-order valence-corrected chi connectivity index (χ1v) is 6.08. The summed E-state index contributed by atoms with van der Waals surface area (Å²) in [6, 6.07) is 2.11. The number of nitrogens with zero attached hydrogens (tertiary/aromatic N) is 2. The van der Waals surface area contributed by atoms with Gasteiger partial charge in [0.15, 0.2) is 0 Å². The van der Waals surface area contributed by atoms with E-state index in [2.05, 4.69) is 23.4 Å². The number of aryl methyl sites for hydroxylation is 2. The molecule has 1 fully saturated rings. The molecule has 0 radical (unpaired) electrons. The van der Waals surface area contributed by atoms with Crippen molar-refractivity contribution in [2.45, 2.75) is 51.7 Å². The molecule has 0 aliphatic heterocycles. The lowest BCUT2D eigenvalue weighted by atomic mass is 9.77. The lowest BCUT2D eigenvalue weighted by Gasteiger charge is -2.41. The first kappa shape index (κ1) is 11.6. The molecular weight excluding hydrogens is 202 g/mol. The fraction of sp³-hybridized carbons (Fsp3) is 0.750. The first-order chi connectivity index (χ1) is 7.69. The van der Waals surface area contributed by atoms with Crippen LogP contribution in [0.25, 0.3) is 0 Å². The number of rotatable bonds is 5. The van der Waals surface area contributed by atoms with Gasteiger partial charge in [-0.3, -0.25) is 4.68 Å². The normalized spacial score (nSPS) is 18.4. The molecule has 4 nitrogen and oxygen atoms in total. The van der Waals surface area contributed by atoms with Gasteiger partial charge in [0.2, 0.25) is 0 Å². The summed E-state index contributed by atoms with van der Waals surface area (Å²) in [6.45, 7) is 6.06. The van der Waals surface area contributed by atoms with E-state index in [1.165, 1.54) is 12.1 Å². The van der Waals surface area contributed by atoms with E-state index in [9.17, 15) is 5.11 Å². The highest BCUT2D eigenvalue weighted by Gasteiger charge is 2.35. The number of hydrogen-bond acceptors (Lipinski definition) is 3. The largest absolute Gasteiger partial charge is 0.394 e. The van der Waals surface area contributed by atoms with Crippen LogP contribution in [0.3, 0.4) is 0 Å². The molecule has 2 rings (SSSR count). The van der Waals surface area contributed by atoms with Crippen LogP contribution in [0, 0.1) is 6.92 Å². The Labute approximate surface area is 96.7 Å². The molecule has 1 heterocycles. The van der Waals surface area contributed by atoms with Crippen LogP contribution in [-0.4, -0.2) is 27.0 Å². The molecular formula is C12H21N3O. The SMILES string of the molecule is CCn1nc(C)cc1CNC1(CO)CCC1. The fourth-order valence-corrected chi connectivity index (χ4v) is 2.29. The van der Waals surface area contributed by atoms with Crippen LogP contribution in [0.15, 0.2) is 6.07 Å². The Morgan fingerprint density at radius 1 is 1.56 bits per heavy atom. The Kier molecular flexibility index (Phi) is 3.30. The Morgan fingerprint density at radius 3 is 2.81 bits per heavy atom. The van der Waals surface area contributed by atoms with Crippen LogP contribution in [0.4, 0.5) is 0 Å². The van der Waals surface area contributed by atoms with E-state index < -0.39 is 0 Å². The van der Waals surface area contributed by atoms with Gasteiger partial charge in [-0.05, 0) is 39.2 Å². The molecule has 0 atom stereocenters. The first-order valence-electron chi connectivity index (χ1n) is 6.08. The second-order valence-electron chi connectivity index (χ2n) is 4.74. The minimum atomic E-state index is -0.0171. The maximum atomic E-state index is 9.36. The average Bonchev–Trinajstić information content (AvgIpc) is 2.58. The van der Waals surface area contributed by atoms with Gasteiger partial charge in [0.25, 0.3) is 0 Å². The predicted molar refractivity (Wildman–Crippen MR) is 63.1 cm³/mol. The van der Waals surface area contributed by atoms with E-state index in [0.717, 1.165) is 31.6 Å². The molecule has 0 unspecified atom stereocenters. The highest BCUT2D eigenvalue weighted by Crippen LogP contribution is 2.31. The Hall–Kier alpha value is -0.870. The second kappa shape index (κ2) is 4.55. The van der Waals surface area contributed by atoms with Crippen LogP contribution < -0.4 is 5.32 Å². The molecule has 4 heteroatoms. The zero-order valence-corrected chi connectivity index (χ0v) is 10.2. The zero-order chi connectivity index (χ0) is 11.6. The van der Waals surface area contributed by atoms with Crippen molar-refractivity contribution in [3.63, 3.8) is 0 Å². The maximum Gasteiger partial charge on any atom is 0.0613 e. The van der Waals surface area contributed by atoms with Crippen molar-refractivity contribution < 1.29 is 5.11 Å². The van der Waals surface area contributed by atoms with Gasteiger partial charge >= 0.3 is 0 Å². The van der Waals surface area contributed by atoms with Crippen molar-refractivity contribution in [2.75, 3.05) is 6.61 Å². The highest BCUT2D eigenvalue weighted by molar-refractivity contribution is 5.10. The summed E-state index contributed by atoms with van der Waals surface area (Å²) in [4.78, 5) is 0. The summed E-state index contributed by atoms with van der Waals surface area (Å²) in [6.07, 6.45) is 3.39. The Morgan fingerprint density at radius 2 is 2.31 bits per heavy atom. The van der Waals surface area contributed by atoms with E-state index in [-0.39, 0.29) is 12.1 Å². The third-order valence-corrected chi connectivity index (χ3v) is 3.54. The summed E-state index contributed by atoms with van der Waals surface area (Å²) < 4.78 is 2.02. The van der Waals surface area contributed by atoms with Gasteiger partial charge in [-0.1, -0.05) is 0 Å². The molecule has 0 spiro atoms. The van der Waals surface area contributed by atoms with E-state index in [0.29, 0.717) is 0 Å². The summed E-state index contributed by atoms with van der Waals surface area (Å²) >= 11 is 0. The minimum absolute atomic E-state index is 0.0171. The van der Waals surface area contributed by atoms with Gasteiger partial charge < -0.3 is 10.4 Å². The number of aliphatic hydroxyl groups excluding tert-OH is 1. The third kappa shape index (κ3) is 2.13. The van der Waals surface area contributed by atoms with Gasteiger partial charge in [0, 0.05) is 18.6 Å². The molecule has 2 N–H and O–H groups in total. The van der Waals surface area contributed by atoms with Crippen molar-refractivity contribution in [3.05, 3.63) is 17.5 Å². The lowest BCUT2D eigenvalue weighted by molar-refractivity contribution is 0.0864. The predicted octanol–water partition coefficient (Wildman–Crippen LogP) is 1.22. The molecule has 1 aromatic heterocycles. The molecule has 0 bridgehead atoms. The average molecular weight is 223 g/mol. The molecule has 0 amide bonds. The van der Waals surface area contributed by atoms with E-state index >= 15 is 0 Å². The van der Waals surface area contributed by atoms with E-state index in [1.807, 2.05) is 11.6 Å². The van der Waals surface area contributed by atoms with Crippen LogP contribution >= 0.6 is 0 Å². The third-order valence-electron chi connectivity index (χ3n) is 3.54. The van der Waals surface area contributed by atoms with E-state index in [1.54, 1.807) is 0 Å². The summed E-state index contributed by atoms with van der Waals surface area (Å²) in [5, 5.41) is 17.3. The topological polar surface area (TPSA) is 50.1 Å². The zero-order valence-electron chi connectivity index (χ0n) is 10.2. The quantitative estimate of drug-likeness (QED) is 0.789. The number of aliphatic hydroxyl groups is 1. The Bertz CT molecular complexity index is 350. The van der Waals surface area contributed by atoms with Crippen molar-refractivity contribution in [1.29, 1.82) is 0 Å². The minimum Gasteiger partial charge on any atom is -0.394 e. The monoisotopic (exact) mass is 223 g/mol. The molecule has 16 heavy (non-hydrogen) atoms. The van der Waals surface area contributed by atoms with Crippen molar-refractivity contribution in [1.82, 2.24) is 15.1 Å². The van der Waals surface area contributed by atoms with Crippen molar-refractivity contribution >= 4 is 0 Å². The standard InChI is InChI=1S/C12H21N3O/c1-3-15-11(7-10(2)14-15)8-13-12(9-16)5-4-6-12/h7,13,16H,3-6,8-9H2,1-2H3. The molecule has 1 saturated carbocycles. The van der Waals surface area contributed by atoms with Crippen molar-refractivity contribution in [3.8, 4) is 0 Å².